The zero-order valence-electron chi connectivity index (χ0n) is 17.9. The summed E-state index contributed by atoms with van der Waals surface area (Å²) in [7, 11) is 0. The van der Waals surface area contributed by atoms with Gasteiger partial charge in [0, 0.05) is 24.8 Å². The number of alkyl carbamates (subject to hydrolysis) is 1. The molecule has 28 heavy (non-hydrogen) atoms. The molecule has 0 aliphatic carbocycles. The van der Waals surface area contributed by atoms with Crippen molar-refractivity contribution in [2.75, 3.05) is 0 Å². The van der Waals surface area contributed by atoms with Crippen LogP contribution >= 0.6 is 11.3 Å². The number of carboxylic acids is 1. The van der Waals surface area contributed by atoms with E-state index in [1.54, 1.807) is 20.8 Å². The van der Waals surface area contributed by atoms with Gasteiger partial charge in [0.05, 0.1) is 0 Å². The molecule has 0 aliphatic rings. The molecule has 1 amide bonds. The first-order valence-corrected chi connectivity index (χ1v) is 10.1. The van der Waals surface area contributed by atoms with Crippen LogP contribution in [-0.2, 0) is 14.3 Å². The van der Waals surface area contributed by atoms with E-state index in [9.17, 15) is 14.4 Å². The number of esters is 1. The quantitative estimate of drug-likeness (QED) is 0.633. The Bertz CT molecular complexity index is 651. The molecule has 0 fully saturated rings. The minimum Gasteiger partial charge on any atom is -0.476 e. The molecule has 0 aliphatic heterocycles. The maximum atomic E-state index is 12.1. The maximum Gasteiger partial charge on any atom is 0.407 e. The molecule has 1 aromatic heterocycles. The van der Waals surface area contributed by atoms with Gasteiger partial charge in [0.25, 0.3) is 0 Å². The molecule has 0 aromatic carbocycles. The summed E-state index contributed by atoms with van der Waals surface area (Å²) in [4.78, 5) is 38.6. The highest BCUT2D eigenvalue weighted by molar-refractivity contribution is 7.09. The fraction of sp³-hybridized carbons (Fsp3) is 0.684. The molecular formula is C19H32N2O6S. The second-order valence-corrected chi connectivity index (χ2v) is 8.10. The molecule has 8 nitrogen and oxygen atoms in total. The number of carboxylic acid groups (broad SMARTS) is 1. The lowest BCUT2D eigenvalue weighted by Gasteiger charge is -2.28. The number of aromatic nitrogens is 1. The summed E-state index contributed by atoms with van der Waals surface area (Å²) in [6.07, 6.45) is -1.07. The van der Waals surface area contributed by atoms with Crippen LogP contribution in [0.25, 0.3) is 0 Å². The highest BCUT2D eigenvalue weighted by Gasteiger charge is 2.28. The fourth-order valence-electron chi connectivity index (χ4n) is 2.12. The predicted molar refractivity (Wildman–Crippen MR) is 108 cm³/mol. The third-order valence-corrected chi connectivity index (χ3v) is 4.24. The van der Waals surface area contributed by atoms with Crippen LogP contribution in [0.5, 0.6) is 0 Å². The molecule has 0 spiro atoms. The Balaban J connectivity index is 0.00000352. The topological polar surface area (TPSA) is 115 Å². The minimum absolute atomic E-state index is 0.0273. The zero-order chi connectivity index (χ0) is 22.1. The highest BCUT2D eigenvalue weighted by Crippen LogP contribution is 2.28. The molecule has 0 saturated heterocycles. The Morgan fingerprint density at radius 2 is 1.82 bits per heavy atom. The third kappa shape index (κ3) is 9.68. The maximum absolute atomic E-state index is 12.1. The molecule has 2 unspecified atom stereocenters. The van der Waals surface area contributed by atoms with Crippen LogP contribution in [0.1, 0.15) is 83.4 Å². The number of nitrogens with zero attached hydrogens (tertiary/aromatic N) is 1. The molecule has 2 atom stereocenters. The number of ether oxygens (including phenoxy) is 2. The molecule has 160 valence electrons. The van der Waals surface area contributed by atoms with E-state index in [2.05, 4.69) is 10.3 Å². The van der Waals surface area contributed by atoms with Crippen molar-refractivity contribution in [1.82, 2.24) is 10.3 Å². The molecule has 1 heterocycles. The van der Waals surface area contributed by atoms with Crippen molar-refractivity contribution in [2.24, 2.45) is 5.92 Å². The SMILES string of the molecule is CC.CC(=O)OC(CC(NC(=O)OC(C)(C)C)C(C)C)c1nc(C(=O)O)cs1. The number of nitrogens with one attached hydrogen (secondary N) is 1. The molecule has 0 bridgehead atoms. The number of hydrogen-bond donors (Lipinski definition) is 2. The number of thiazole rings is 1. The number of rotatable bonds is 7. The van der Waals surface area contributed by atoms with Crippen molar-refractivity contribution >= 4 is 29.4 Å². The van der Waals surface area contributed by atoms with Gasteiger partial charge in [0.2, 0.25) is 0 Å². The molecule has 0 saturated carbocycles. The summed E-state index contributed by atoms with van der Waals surface area (Å²) >= 11 is 1.10. The van der Waals surface area contributed by atoms with E-state index in [1.807, 2.05) is 27.7 Å². The van der Waals surface area contributed by atoms with Crippen LogP contribution in [0.2, 0.25) is 0 Å². The molecule has 1 rings (SSSR count). The van der Waals surface area contributed by atoms with Crippen molar-refractivity contribution in [1.29, 1.82) is 0 Å². The van der Waals surface area contributed by atoms with Crippen LogP contribution in [0, 0.1) is 5.92 Å². The van der Waals surface area contributed by atoms with Gasteiger partial charge in [-0.2, -0.15) is 0 Å². The Morgan fingerprint density at radius 3 is 2.21 bits per heavy atom. The summed E-state index contributed by atoms with van der Waals surface area (Å²) in [5, 5.41) is 13.6. The van der Waals surface area contributed by atoms with Crippen molar-refractivity contribution < 1.29 is 29.0 Å². The monoisotopic (exact) mass is 416 g/mol. The normalized spacial score (nSPS) is 13.0. The van der Waals surface area contributed by atoms with E-state index < -0.39 is 29.7 Å². The molecule has 9 heteroatoms. The van der Waals surface area contributed by atoms with E-state index in [0.29, 0.717) is 5.01 Å². The Labute approximate surface area is 170 Å². The average molecular weight is 417 g/mol. The number of aromatic carboxylic acids is 1. The van der Waals surface area contributed by atoms with E-state index >= 15 is 0 Å². The molecule has 2 N–H and O–H groups in total. The van der Waals surface area contributed by atoms with Crippen LogP contribution < -0.4 is 5.32 Å². The predicted octanol–water partition coefficient (Wildman–Crippen LogP) is 4.41. The number of hydrogen-bond acceptors (Lipinski definition) is 7. The first-order valence-electron chi connectivity index (χ1n) is 9.24. The smallest absolute Gasteiger partial charge is 0.407 e. The van der Waals surface area contributed by atoms with Crippen molar-refractivity contribution in [3.8, 4) is 0 Å². The second kappa shape index (κ2) is 11.6. The van der Waals surface area contributed by atoms with Crippen molar-refractivity contribution in [2.45, 2.75) is 79.6 Å². The van der Waals surface area contributed by atoms with E-state index in [-0.39, 0.29) is 24.1 Å². The third-order valence-electron chi connectivity index (χ3n) is 3.30. The number of carbonyl (C=O) groups is 3. The summed E-state index contributed by atoms with van der Waals surface area (Å²) < 4.78 is 10.6. The Hall–Kier alpha value is -2.16. The summed E-state index contributed by atoms with van der Waals surface area (Å²) in [6.45, 7) is 14.4. The summed E-state index contributed by atoms with van der Waals surface area (Å²) in [6, 6.07) is -0.355. The minimum atomic E-state index is -1.15. The average Bonchev–Trinajstić information content (AvgIpc) is 3.03. The number of carbonyl (C=O) groups excluding carboxylic acids is 2. The Kier molecular flexibility index (Phi) is 10.7. The van der Waals surface area contributed by atoms with Crippen LogP contribution in [-0.4, -0.2) is 39.8 Å². The first-order chi connectivity index (χ1) is 12.9. The lowest BCUT2D eigenvalue weighted by Crippen LogP contribution is -2.42. The van der Waals surface area contributed by atoms with E-state index in [1.165, 1.54) is 12.3 Å². The Morgan fingerprint density at radius 1 is 1.25 bits per heavy atom. The second-order valence-electron chi connectivity index (χ2n) is 7.21. The van der Waals surface area contributed by atoms with Gasteiger partial charge in [-0.15, -0.1) is 11.3 Å². The number of amides is 1. The van der Waals surface area contributed by atoms with Crippen LogP contribution in [0.15, 0.2) is 5.38 Å². The van der Waals surface area contributed by atoms with Gasteiger partial charge in [-0.3, -0.25) is 4.79 Å². The van der Waals surface area contributed by atoms with E-state index in [0.717, 1.165) is 11.3 Å². The largest absolute Gasteiger partial charge is 0.476 e. The van der Waals surface area contributed by atoms with Gasteiger partial charge in [0.1, 0.15) is 10.6 Å². The van der Waals surface area contributed by atoms with Crippen molar-refractivity contribution in [3.05, 3.63) is 16.1 Å². The van der Waals surface area contributed by atoms with Gasteiger partial charge >= 0.3 is 18.0 Å². The van der Waals surface area contributed by atoms with Crippen molar-refractivity contribution in [3.63, 3.8) is 0 Å². The van der Waals surface area contributed by atoms with Gasteiger partial charge in [-0.25, -0.2) is 14.6 Å². The van der Waals surface area contributed by atoms with Gasteiger partial charge < -0.3 is 19.9 Å². The summed E-state index contributed by atoms with van der Waals surface area (Å²) in [5.74, 6) is -1.64. The first kappa shape index (κ1) is 25.8. The van der Waals surface area contributed by atoms with Gasteiger partial charge in [0.15, 0.2) is 11.8 Å². The lowest BCUT2D eigenvalue weighted by atomic mass is 9.98. The molecule has 0 radical (unpaired) electrons. The van der Waals surface area contributed by atoms with Crippen LogP contribution in [0.3, 0.4) is 0 Å². The lowest BCUT2D eigenvalue weighted by molar-refractivity contribution is -0.147. The van der Waals surface area contributed by atoms with Crippen LogP contribution in [0.4, 0.5) is 4.79 Å². The van der Waals surface area contributed by atoms with Gasteiger partial charge in [-0.05, 0) is 26.7 Å². The summed E-state index contributed by atoms with van der Waals surface area (Å²) in [5.41, 5.74) is -0.740. The fourth-order valence-corrected chi connectivity index (χ4v) is 2.95. The highest BCUT2D eigenvalue weighted by atomic mass is 32.1. The standard InChI is InChI=1S/C17H26N2O6S.C2H6/c1-9(2)11(19-16(23)25-17(4,5)6)7-13(24-10(3)20)14-18-12(8-26-14)15(21)22;1-2/h8-9,11,13H,7H2,1-6H3,(H,19,23)(H,21,22);1-2H3. The molecule has 1 aromatic rings. The zero-order valence-corrected chi connectivity index (χ0v) is 18.7. The van der Waals surface area contributed by atoms with Gasteiger partial charge in [-0.1, -0.05) is 27.7 Å². The molecular weight excluding hydrogens is 384 g/mol. The van der Waals surface area contributed by atoms with E-state index in [4.69, 9.17) is 14.6 Å².